The summed E-state index contributed by atoms with van der Waals surface area (Å²) < 4.78 is 20.7. The third-order valence-electron chi connectivity index (χ3n) is 4.11. The molecule has 0 bridgehead atoms. The minimum atomic E-state index is -1.44. The molecule has 1 amide bonds. The van der Waals surface area contributed by atoms with E-state index in [2.05, 4.69) is 15.5 Å². The minimum absolute atomic E-state index is 0.113. The molecule has 1 unspecified atom stereocenters. The van der Waals surface area contributed by atoms with Crippen LogP contribution in [-0.2, 0) is 9.59 Å². The van der Waals surface area contributed by atoms with Gasteiger partial charge in [-0.1, -0.05) is 23.2 Å². The Labute approximate surface area is 189 Å². The topological polar surface area (TPSA) is 108 Å². The Bertz CT molecular complexity index is 988. The molecular weight excluding hydrogens is 449 g/mol. The summed E-state index contributed by atoms with van der Waals surface area (Å²) in [4.78, 5) is 24.9. The standard InChI is InChI=1S/C20H21Cl2N3O6/c1-10(26)18(25-24-11-8-14(30-4)16(21)15(9-11)31-5)20(27)23-19-13(29-3)7-6-12(28-2)17(19)22/h6-9,18H,1-5H3,(H,23,27). The lowest BCUT2D eigenvalue weighted by molar-refractivity contribution is -0.126. The first-order valence-electron chi connectivity index (χ1n) is 8.81. The monoisotopic (exact) mass is 469 g/mol. The van der Waals surface area contributed by atoms with E-state index in [1.807, 2.05) is 0 Å². The molecule has 0 aliphatic carbocycles. The summed E-state index contributed by atoms with van der Waals surface area (Å²) in [5.74, 6) is -0.0900. The summed E-state index contributed by atoms with van der Waals surface area (Å²) in [6.45, 7) is 1.22. The Kier molecular flexibility index (Phi) is 8.47. The van der Waals surface area contributed by atoms with Gasteiger partial charge in [0.05, 0.1) is 34.1 Å². The molecule has 1 N–H and O–H groups in total. The lowest BCUT2D eigenvalue weighted by atomic mass is 10.2. The second-order valence-corrected chi connectivity index (χ2v) is 6.80. The average Bonchev–Trinajstić information content (AvgIpc) is 2.75. The summed E-state index contributed by atoms with van der Waals surface area (Å²) in [6.07, 6.45) is 0. The van der Waals surface area contributed by atoms with Gasteiger partial charge in [-0.25, -0.2) is 0 Å². The second kappa shape index (κ2) is 10.8. The molecule has 166 valence electrons. The summed E-state index contributed by atoms with van der Waals surface area (Å²) in [6, 6.07) is 4.69. The number of halogens is 2. The number of azo groups is 1. The number of anilines is 1. The smallest absolute Gasteiger partial charge is 0.258 e. The highest BCUT2D eigenvalue weighted by Gasteiger charge is 2.26. The van der Waals surface area contributed by atoms with Crippen molar-refractivity contribution in [3.05, 3.63) is 34.3 Å². The Balaban J connectivity index is 2.36. The van der Waals surface area contributed by atoms with Crippen LogP contribution in [0.15, 0.2) is 34.5 Å². The van der Waals surface area contributed by atoms with Crippen molar-refractivity contribution < 1.29 is 28.5 Å². The SMILES string of the molecule is COc1cc(N=NC(C(C)=O)C(=O)Nc2c(OC)ccc(OC)c2Cl)cc(OC)c1Cl. The van der Waals surface area contributed by atoms with Gasteiger partial charge in [0.25, 0.3) is 5.91 Å². The van der Waals surface area contributed by atoms with Crippen molar-refractivity contribution >= 4 is 46.3 Å². The predicted molar refractivity (Wildman–Crippen MR) is 117 cm³/mol. The average molecular weight is 470 g/mol. The number of Topliss-reactive ketones (excluding diaryl/α,β-unsaturated/α-hetero) is 1. The van der Waals surface area contributed by atoms with Gasteiger partial charge in [0.1, 0.15) is 38.7 Å². The summed E-state index contributed by atoms with van der Waals surface area (Å²) in [5, 5.41) is 10.8. The Morgan fingerprint density at radius 2 is 1.39 bits per heavy atom. The first-order chi connectivity index (χ1) is 14.8. The van der Waals surface area contributed by atoms with Crippen LogP contribution in [0.3, 0.4) is 0 Å². The molecule has 0 saturated heterocycles. The normalized spacial score (nSPS) is 11.7. The Hall–Kier alpha value is -3.04. The van der Waals surface area contributed by atoms with Gasteiger partial charge in [-0.05, 0) is 19.1 Å². The molecule has 0 fully saturated rings. The van der Waals surface area contributed by atoms with Crippen LogP contribution in [0.1, 0.15) is 6.92 Å². The fraction of sp³-hybridized carbons (Fsp3) is 0.300. The Morgan fingerprint density at radius 1 is 0.871 bits per heavy atom. The summed E-state index contributed by atoms with van der Waals surface area (Å²) in [7, 11) is 5.70. The van der Waals surface area contributed by atoms with Crippen LogP contribution in [0.25, 0.3) is 0 Å². The van der Waals surface area contributed by atoms with Crippen molar-refractivity contribution in [2.45, 2.75) is 13.0 Å². The Morgan fingerprint density at radius 3 is 1.87 bits per heavy atom. The van der Waals surface area contributed by atoms with Crippen molar-refractivity contribution in [3.8, 4) is 23.0 Å². The number of amides is 1. The van der Waals surface area contributed by atoms with Gasteiger partial charge < -0.3 is 24.3 Å². The van der Waals surface area contributed by atoms with Gasteiger partial charge in [-0.2, -0.15) is 10.2 Å². The molecule has 0 aliphatic heterocycles. The zero-order valence-corrected chi connectivity index (χ0v) is 19.0. The van der Waals surface area contributed by atoms with Gasteiger partial charge in [0.2, 0.25) is 6.04 Å². The van der Waals surface area contributed by atoms with Crippen molar-refractivity contribution in [3.63, 3.8) is 0 Å². The van der Waals surface area contributed by atoms with Crippen molar-refractivity contribution in [1.82, 2.24) is 0 Å². The number of methoxy groups -OCH3 is 4. The van der Waals surface area contributed by atoms with Crippen molar-refractivity contribution in [2.75, 3.05) is 33.8 Å². The molecule has 0 aliphatic rings. The lowest BCUT2D eigenvalue weighted by Crippen LogP contribution is -2.32. The number of rotatable bonds is 9. The van der Waals surface area contributed by atoms with Gasteiger partial charge in [0, 0.05) is 12.1 Å². The fourth-order valence-electron chi connectivity index (χ4n) is 2.53. The molecule has 0 saturated carbocycles. The molecule has 0 spiro atoms. The zero-order chi connectivity index (χ0) is 23.1. The molecule has 2 rings (SSSR count). The molecule has 2 aromatic carbocycles. The van der Waals surface area contributed by atoms with E-state index in [4.69, 9.17) is 42.1 Å². The molecule has 11 heteroatoms. The molecule has 9 nitrogen and oxygen atoms in total. The molecule has 0 aromatic heterocycles. The molecule has 1 atom stereocenters. The first-order valence-corrected chi connectivity index (χ1v) is 9.57. The molecule has 0 heterocycles. The van der Waals surface area contributed by atoms with Gasteiger partial charge in [-0.15, -0.1) is 0 Å². The van der Waals surface area contributed by atoms with Crippen molar-refractivity contribution in [2.24, 2.45) is 10.2 Å². The van der Waals surface area contributed by atoms with E-state index in [1.54, 1.807) is 12.1 Å². The van der Waals surface area contributed by atoms with Crippen LogP contribution in [0.5, 0.6) is 23.0 Å². The fourth-order valence-corrected chi connectivity index (χ4v) is 3.07. The quantitative estimate of drug-likeness (QED) is 0.420. The first kappa shape index (κ1) is 24.2. The predicted octanol–water partition coefficient (Wildman–Crippen LogP) is 4.71. The number of hydrogen-bond acceptors (Lipinski definition) is 8. The van der Waals surface area contributed by atoms with Crippen LogP contribution >= 0.6 is 23.2 Å². The number of nitrogens with zero attached hydrogens (tertiary/aromatic N) is 2. The van der Waals surface area contributed by atoms with Crippen LogP contribution in [0.2, 0.25) is 10.0 Å². The molecular formula is C20H21Cl2N3O6. The number of hydrogen-bond donors (Lipinski definition) is 1. The minimum Gasteiger partial charge on any atom is -0.495 e. The zero-order valence-electron chi connectivity index (χ0n) is 17.5. The highest BCUT2D eigenvalue weighted by atomic mass is 35.5. The maximum absolute atomic E-state index is 12.8. The number of benzene rings is 2. The maximum atomic E-state index is 12.8. The van der Waals surface area contributed by atoms with Gasteiger partial charge >= 0.3 is 0 Å². The third-order valence-corrected chi connectivity index (χ3v) is 4.86. The van der Waals surface area contributed by atoms with Crippen LogP contribution in [0, 0.1) is 0 Å². The van der Waals surface area contributed by atoms with E-state index >= 15 is 0 Å². The highest BCUT2D eigenvalue weighted by Crippen LogP contribution is 2.40. The maximum Gasteiger partial charge on any atom is 0.258 e. The molecule has 2 aromatic rings. The van der Waals surface area contributed by atoms with Crippen LogP contribution in [0.4, 0.5) is 11.4 Å². The number of carbonyl (C=O) groups is 2. The van der Waals surface area contributed by atoms with Gasteiger partial charge in [0.15, 0.2) is 5.78 Å². The van der Waals surface area contributed by atoms with E-state index < -0.39 is 17.7 Å². The van der Waals surface area contributed by atoms with Crippen molar-refractivity contribution in [1.29, 1.82) is 0 Å². The van der Waals surface area contributed by atoms with Crippen LogP contribution < -0.4 is 24.3 Å². The van der Waals surface area contributed by atoms with Crippen LogP contribution in [-0.4, -0.2) is 46.2 Å². The van der Waals surface area contributed by atoms with E-state index in [1.165, 1.54) is 47.5 Å². The van der Waals surface area contributed by atoms with E-state index in [9.17, 15) is 9.59 Å². The number of nitrogens with one attached hydrogen (secondary N) is 1. The third kappa shape index (κ3) is 5.56. The van der Waals surface area contributed by atoms with E-state index in [0.29, 0.717) is 17.2 Å². The van der Waals surface area contributed by atoms with Gasteiger partial charge in [-0.3, -0.25) is 9.59 Å². The summed E-state index contributed by atoms with van der Waals surface area (Å²) in [5.41, 5.74) is 0.416. The lowest BCUT2D eigenvalue weighted by Gasteiger charge is -2.15. The largest absolute Gasteiger partial charge is 0.495 e. The molecule has 31 heavy (non-hydrogen) atoms. The number of ketones is 1. The van der Waals surface area contributed by atoms with E-state index in [-0.39, 0.29) is 27.2 Å². The highest BCUT2D eigenvalue weighted by molar-refractivity contribution is 6.36. The summed E-state index contributed by atoms with van der Waals surface area (Å²) >= 11 is 12.4. The number of ether oxygens (including phenoxy) is 4. The molecule has 0 radical (unpaired) electrons. The van der Waals surface area contributed by atoms with E-state index in [0.717, 1.165) is 0 Å². The second-order valence-electron chi connectivity index (χ2n) is 6.04. The number of carbonyl (C=O) groups excluding carboxylic acids is 2.